The number of carbonyl (C=O) groups excluding carboxylic acids is 1. The Hall–Kier alpha value is -1.53. The molecule has 2 aromatic rings. The Balaban J connectivity index is 2.11. The lowest BCUT2D eigenvalue weighted by molar-refractivity contribution is -0.111. The lowest BCUT2D eigenvalue weighted by atomic mass is 10.3. The van der Waals surface area contributed by atoms with Crippen LogP contribution in [0.3, 0.4) is 0 Å². The summed E-state index contributed by atoms with van der Waals surface area (Å²) in [6.45, 7) is 0. The first-order valence-electron chi connectivity index (χ1n) is 5.23. The van der Waals surface area contributed by atoms with Gasteiger partial charge in [0.15, 0.2) is 11.6 Å². The maximum Gasteiger partial charge on any atom is 0.248 e. The Kier molecular flexibility index (Phi) is 4.44. The van der Waals surface area contributed by atoms with Crippen LogP contribution in [-0.2, 0) is 4.79 Å². The standard InChI is InChI=1S/C13H8BrF2NOS/c14-8-6-10(15)13(11(16)7-8)17-12(18)4-3-9-2-1-5-19-9/h1-7H,(H,17,18). The number of anilines is 1. The molecule has 2 nitrogen and oxygen atoms in total. The van der Waals surface area contributed by atoms with E-state index in [2.05, 4.69) is 21.2 Å². The Morgan fingerprint density at radius 2 is 2.00 bits per heavy atom. The molecular formula is C13H8BrF2NOS. The maximum atomic E-state index is 13.5. The minimum atomic E-state index is -0.829. The van der Waals surface area contributed by atoms with Gasteiger partial charge in [-0.15, -0.1) is 11.3 Å². The third kappa shape index (κ3) is 3.71. The summed E-state index contributed by atoms with van der Waals surface area (Å²) in [6, 6.07) is 5.84. The zero-order chi connectivity index (χ0) is 13.8. The van der Waals surface area contributed by atoms with Gasteiger partial charge in [0.25, 0.3) is 0 Å². The van der Waals surface area contributed by atoms with Crippen molar-refractivity contribution >= 4 is 44.9 Å². The van der Waals surface area contributed by atoms with Crippen molar-refractivity contribution in [1.29, 1.82) is 0 Å². The molecule has 0 atom stereocenters. The summed E-state index contributed by atoms with van der Waals surface area (Å²) in [7, 11) is 0. The maximum absolute atomic E-state index is 13.5. The SMILES string of the molecule is O=C(C=Cc1cccs1)Nc1c(F)cc(Br)cc1F. The minimum Gasteiger partial charge on any atom is -0.318 e. The number of amides is 1. The molecule has 0 aliphatic carbocycles. The molecule has 0 bridgehead atoms. The molecule has 1 aromatic heterocycles. The average molecular weight is 344 g/mol. The lowest BCUT2D eigenvalue weighted by Gasteiger charge is -2.05. The normalized spacial score (nSPS) is 10.9. The van der Waals surface area contributed by atoms with Gasteiger partial charge in [-0.25, -0.2) is 8.78 Å². The average Bonchev–Trinajstić information content (AvgIpc) is 2.84. The Morgan fingerprint density at radius 3 is 2.58 bits per heavy atom. The number of rotatable bonds is 3. The molecule has 1 N–H and O–H groups in total. The van der Waals surface area contributed by atoms with Gasteiger partial charge in [0.05, 0.1) is 0 Å². The molecule has 0 unspecified atom stereocenters. The van der Waals surface area contributed by atoms with Crippen LogP contribution < -0.4 is 5.32 Å². The first kappa shape index (κ1) is 13.9. The number of benzene rings is 1. The van der Waals surface area contributed by atoms with Gasteiger partial charge in [0.2, 0.25) is 5.91 Å². The van der Waals surface area contributed by atoms with Crippen molar-refractivity contribution in [3.8, 4) is 0 Å². The molecule has 98 valence electrons. The highest BCUT2D eigenvalue weighted by Crippen LogP contribution is 2.23. The van der Waals surface area contributed by atoms with Crippen LogP contribution in [0.4, 0.5) is 14.5 Å². The summed E-state index contributed by atoms with van der Waals surface area (Å²) < 4.78 is 27.2. The van der Waals surface area contributed by atoms with E-state index < -0.39 is 23.2 Å². The first-order valence-corrected chi connectivity index (χ1v) is 6.90. The monoisotopic (exact) mass is 343 g/mol. The van der Waals surface area contributed by atoms with Crippen LogP contribution in [0.25, 0.3) is 6.08 Å². The molecule has 19 heavy (non-hydrogen) atoms. The fourth-order valence-corrected chi connectivity index (χ4v) is 2.39. The molecule has 0 saturated heterocycles. The quantitative estimate of drug-likeness (QED) is 0.820. The van der Waals surface area contributed by atoms with Gasteiger partial charge < -0.3 is 5.32 Å². The highest BCUT2D eigenvalue weighted by Gasteiger charge is 2.12. The van der Waals surface area contributed by atoms with Crippen LogP contribution in [0, 0.1) is 11.6 Å². The van der Waals surface area contributed by atoms with E-state index in [0.717, 1.165) is 17.0 Å². The zero-order valence-electron chi connectivity index (χ0n) is 9.49. The molecule has 0 fully saturated rings. The predicted octanol–water partition coefficient (Wildman–Crippen LogP) is 4.44. The van der Waals surface area contributed by atoms with Gasteiger partial charge in [0, 0.05) is 15.4 Å². The van der Waals surface area contributed by atoms with Crippen molar-refractivity contribution in [1.82, 2.24) is 0 Å². The summed E-state index contributed by atoms with van der Waals surface area (Å²) >= 11 is 4.42. The summed E-state index contributed by atoms with van der Waals surface area (Å²) in [5, 5.41) is 4.04. The van der Waals surface area contributed by atoms with E-state index in [4.69, 9.17) is 0 Å². The summed E-state index contributed by atoms with van der Waals surface area (Å²) in [4.78, 5) is 12.4. The Bertz CT molecular complexity index is 603. The van der Waals surface area contributed by atoms with Crippen molar-refractivity contribution in [2.24, 2.45) is 0 Å². The van der Waals surface area contributed by atoms with E-state index in [9.17, 15) is 13.6 Å². The van der Waals surface area contributed by atoms with Crippen molar-refractivity contribution in [3.63, 3.8) is 0 Å². The van der Waals surface area contributed by atoms with E-state index in [1.54, 1.807) is 6.08 Å². The van der Waals surface area contributed by atoms with Crippen LogP contribution in [0.1, 0.15) is 4.88 Å². The second-order valence-corrected chi connectivity index (χ2v) is 5.48. The lowest BCUT2D eigenvalue weighted by Crippen LogP contribution is -2.11. The smallest absolute Gasteiger partial charge is 0.248 e. The number of hydrogen-bond acceptors (Lipinski definition) is 2. The predicted molar refractivity (Wildman–Crippen MR) is 76.0 cm³/mol. The number of halogens is 3. The molecule has 0 aliphatic heterocycles. The molecular weight excluding hydrogens is 336 g/mol. The van der Waals surface area contributed by atoms with Gasteiger partial charge in [-0.1, -0.05) is 22.0 Å². The van der Waals surface area contributed by atoms with E-state index in [1.807, 2.05) is 17.5 Å². The fourth-order valence-electron chi connectivity index (χ4n) is 1.37. The van der Waals surface area contributed by atoms with Gasteiger partial charge in [-0.3, -0.25) is 4.79 Å². The van der Waals surface area contributed by atoms with Crippen LogP contribution in [0.5, 0.6) is 0 Å². The number of carbonyl (C=O) groups is 1. The fraction of sp³-hybridized carbons (Fsp3) is 0. The molecule has 0 spiro atoms. The topological polar surface area (TPSA) is 29.1 Å². The number of nitrogens with one attached hydrogen (secondary N) is 1. The molecule has 0 aliphatic rings. The molecule has 1 aromatic carbocycles. The largest absolute Gasteiger partial charge is 0.318 e. The summed E-state index contributed by atoms with van der Waals surface area (Å²) in [5.74, 6) is -2.25. The molecule has 2 rings (SSSR count). The minimum absolute atomic E-state index is 0.273. The van der Waals surface area contributed by atoms with Gasteiger partial charge in [0.1, 0.15) is 5.69 Å². The van der Waals surface area contributed by atoms with Crippen molar-refractivity contribution < 1.29 is 13.6 Å². The van der Waals surface area contributed by atoms with Gasteiger partial charge >= 0.3 is 0 Å². The summed E-state index contributed by atoms with van der Waals surface area (Å²) in [5.41, 5.74) is -0.455. The summed E-state index contributed by atoms with van der Waals surface area (Å²) in [6.07, 6.45) is 2.81. The molecule has 1 heterocycles. The third-order valence-electron chi connectivity index (χ3n) is 2.20. The van der Waals surface area contributed by atoms with E-state index >= 15 is 0 Å². The number of hydrogen-bond donors (Lipinski definition) is 1. The molecule has 0 saturated carbocycles. The van der Waals surface area contributed by atoms with Crippen LogP contribution in [0.2, 0.25) is 0 Å². The van der Waals surface area contributed by atoms with E-state index in [-0.39, 0.29) is 4.47 Å². The second kappa shape index (κ2) is 6.08. The van der Waals surface area contributed by atoms with Crippen molar-refractivity contribution in [2.75, 3.05) is 5.32 Å². The zero-order valence-corrected chi connectivity index (χ0v) is 11.9. The highest BCUT2D eigenvalue weighted by atomic mass is 79.9. The highest BCUT2D eigenvalue weighted by molar-refractivity contribution is 9.10. The van der Waals surface area contributed by atoms with Gasteiger partial charge in [-0.05, 0) is 29.7 Å². The molecule has 6 heteroatoms. The molecule has 1 amide bonds. The van der Waals surface area contributed by atoms with Crippen LogP contribution in [-0.4, -0.2) is 5.91 Å². The Labute approximate surface area is 120 Å². The van der Waals surface area contributed by atoms with Gasteiger partial charge in [-0.2, -0.15) is 0 Å². The van der Waals surface area contributed by atoms with Crippen LogP contribution >= 0.6 is 27.3 Å². The van der Waals surface area contributed by atoms with Crippen LogP contribution in [0.15, 0.2) is 40.2 Å². The third-order valence-corrected chi connectivity index (χ3v) is 3.49. The Morgan fingerprint density at radius 1 is 1.32 bits per heavy atom. The van der Waals surface area contributed by atoms with Crippen molar-refractivity contribution in [2.45, 2.75) is 0 Å². The first-order chi connectivity index (χ1) is 9.06. The molecule has 0 radical (unpaired) electrons. The van der Waals surface area contributed by atoms with E-state index in [1.165, 1.54) is 17.4 Å². The number of thiophene rings is 1. The second-order valence-electron chi connectivity index (χ2n) is 3.58. The van der Waals surface area contributed by atoms with Crippen molar-refractivity contribution in [3.05, 3.63) is 56.7 Å². The van der Waals surface area contributed by atoms with E-state index in [0.29, 0.717) is 0 Å².